The van der Waals surface area contributed by atoms with Gasteiger partial charge in [-0.25, -0.2) is 9.97 Å². The number of likely N-dealkylation sites (tertiary alicyclic amines) is 1. The fraction of sp³-hybridized carbons (Fsp3) is 0.545. The van der Waals surface area contributed by atoms with E-state index in [-0.39, 0.29) is 0 Å². The minimum absolute atomic E-state index is 0.509. The number of hydrogen-bond donors (Lipinski definition) is 2. The maximum Gasteiger partial charge on any atom is 0.226 e. The maximum atomic E-state index is 4.92. The first-order chi connectivity index (χ1) is 13.6. The van der Waals surface area contributed by atoms with Gasteiger partial charge < -0.3 is 4.90 Å². The number of piperidine rings is 1. The Bertz CT molecular complexity index is 812. The minimum Gasteiger partial charge on any atom is -0.341 e. The van der Waals surface area contributed by atoms with Crippen molar-refractivity contribution < 1.29 is 0 Å². The molecule has 6 heteroatoms. The molecule has 0 aliphatic carbocycles. The summed E-state index contributed by atoms with van der Waals surface area (Å²) in [6, 6.07) is 8.78. The van der Waals surface area contributed by atoms with E-state index in [0.717, 1.165) is 67.9 Å². The number of benzene rings is 1. The van der Waals surface area contributed by atoms with Gasteiger partial charge in [0.1, 0.15) is 0 Å². The lowest BCUT2D eigenvalue weighted by Gasteiger charge is -2.32. The van der Waals surface area contributed by atoms with Gasteiger partial charge in [0.15, 0.2) is 0 Å². The van der Waals surface area contributed by atoms with Crippen LogP contribution in [0.5, 0.6) is 0 Å². The molecule has 2 aliphatic rings. The van der Waals surface area contributed by atoms with Crippen molar-refractivity contribution in [1.29, 1.82) is 0 Å². The molecule has 0 amide bonds. The van der Waals surface area contributed by atoms with Crippen molar-refractivity contribution in [2.75, 3.05) is 31.1 Å². The molecule has 150 valence electrons. The quantitative estimate of drug-likeness (QED) is 0.553. The van der Waals surface area contributed by atoms with Crippen LogP contribution in [0.3, 0.4) is 0 Å². The Labute approximate surface area is 179 Å². The Kier molecular flexibility index (Phi) is 6.48. The van der Waals surface area contributed by atoms with Crippen molar-refractivity contribution in [2.24, 2.45) is 0 Å². The van der Waals surface area contributed by atoms with Crippen molar-refractivity contribution in [1.82, 2.24) is 14.9 Å². The van der Waals surface area contributed by atoms with E-state index >= 15 is 0 Å². The number of nitrogens with zero attached hydrogens (tertiary/aromatic N) is 4. The van der Waals surface area contributed by atoms with Gasteiger partial charge in [-0.3, -0.25) is 4.90 Å². The van der Waals surface area contributed by atoms with E-state index in [2.05, 4.69) is 71.2 Å². The van der Waals surface area contributed by atoms with Crippen molar-refractivity contribution >= 4 is 31.2 Å². The van der Waals surface area contributed by atoms with Gasteiger partial charge in [-0.2, -0.15) is 0 Å². The summed E-state index contributed by atoms with van der Waals surface area (Å²) in [5.74, 6) is 1.38. The van der Waals surface area contributed by atoms with E-state index in [9.17, 15) is 0 Å². The molecule has 3 heterocycles. The highest BCUT2D eigenvalue weighted by atomic mass is 32.1. The Morgan fingerprint density at radius 3 is 2.43 bits per heavy atom. The molecule has 1 aromatic carbocycles. The molecule has 4 nitrogen and oxygen atoms in total. The molecule has 28 heavy (non-hydrogen) atoms. The molecule has 1 aromatic heterocycles. The van der Waals surface area contributed by atoms with Crippen molar-refractivity contribution in [3.63, 3.8) is 0 Å². The predicted octanol–water partition coefficient (Wildman–Crippen LogP) is 4.60. The van der Waals surface area contributed by atoms with Crippen molar-refractivity contribution in [3.05, 3.63) is 41.1 Å². The van der Waals surface area contributed by atoms with Crippen LogP contribution >= 0.6 is 25.3 Å². The number of aryl methyl sites for hydroxylation is 1. The highest BCUT2D eigenvalue weighted by molar-refractivity contribution is 7.80. The summed E-state index contributed by atoms with van der Waals surface area (Å²) in [7, 11) is 0. The molecule has 0 spiro atoms. The number of aromatic nitrogens is 2. The first-order valence-corrected chi connectivity index (χ1v) is 11.4. The Morgan fingerprint density at radius 2 is 1.75 bits per heavy atom. The van der Waals surface area contributed by atoms with Crippen LogP contribution in [0.25, 0.3) is 0 Å². The van der Waals surface area contributed by atoms with Gasteiger partial charge >= 0.3 is 0 Å². The zero-order valence-corrected chi connectivity index (χ0v) is 18.4. The van der Waals surface area contributed by atoms with Gasteiger partial charge in [0.05, 0.1) is 10.7 Å². The highest BCUT2D eigenvalue weighted by Gasteiger charge is 2.24. The summed E-state index contributed by atoms with van der Waals surface area (Å²) in [6.07, 6.45) is 5.80. The third-order valence-electron chi connectivity index (χ3n) is 6.05. The first-order valence-electron chi connectivity index (χ1n) is 10.5. The van der Waals surface area contributed by atoms with Gasteiger partial charge in [0.2, 0.25) is 5.95 Å². The molecule has 0 atom stereocenters. The van der Waals surface area contributed by atoms with Crippen LogP contribution in [0.4, 0.5) is 5.95 Å². The fourth-order valence-corrected chi connectivity index (χ4v) is 4.98. The number of hydrogen-bond acceptors (Lipinski definition) is 6. The van der Waals surface area contributed by atoms with E-state index in [1.54, 1.807) is 0 Å². The normalized spacial score (nSPS) is 18.8. The molecule has 2 aromatic rings. The monoisotopic (exact) mass is 414 g/mol. The zero-order chi connectivity index (χ0) is 19.5. The van der Waals surface area contributed by atoms with Crippen LogP contribution in [0.1, 0.15) is 55.3 Å². The lowest BCUT2D eigenvalue weighted by Crippen LogP contribution is -2.33. The van der Waals surface area contributed by atoms with Crippen LogP contribution in [-0.2, 0) is 13.0 Å². The predicted molar refractivity (Wildman–Crippen MR) is 121 cm³/mol. The lowest BCUT2D eigenvalue weighted by atomic mass is 9.93. The average molecular weight is 415 g/mol. The topological polar surface area (TPSA) is 32.3 Å². The summed E-state index contributed by atoms with van der Waals surface area (Å²) in [5, 5.41) is 0.798. The molecule has 0 unspecified atom stereocenters. The molecule has 0 radical (unpaired) electrons. The van der Waals surface area contributed by atoms with E-state index in [1.165, 1.54) is 29.7 Å². The van der Waals surface area contributed by atoms with E-state index in [1.807, 2.05) is 0 Å². The SMILES string of the molecule is CCc1ccc(CN2CCC(c3cc(S)nc(N4CCCC4)n3)CC2)cc1S. The molecule has 0 N–H and O–H groups in total. The molecule has 4 rings (SSSR count). The molecular formula is C22H30N4S2. The third-order valence-corrected chi connectivity index (χ3v) is 6.70. The molecule has 0 saturated carbocycles. The number of anilines is 1. The second kappa shape index (κ2) is 9.06. The summed E-state index contributed by atoms with van der Waals surface area (Å²) in [6.45, 7) is 7.53. The largest absolute Gasteiger partial charge is 0.341 e. The minimum atomic E-state index is 0.509. The van der Waals surface area contributed by atoms with E-state index < -0.39 is 0 Å². The maximum absolute atomic E-state index is 4.92. The average Bonchev–Trinajstić information content (AvgIpc) is 3.23. The highest BCUT2D eigenvalue weighted by Crippen LogP contribution is 2.30. The summed E-state index contributed by atoms with van der Waals surface area (Å²) < 4.78 is 0. The van der Waals surface area contributed by atoms with Crippen LogP contribution < -0.4 is 4.90 Å². The Hall–Kier alpha value is -1.24. The van der Waals surface area contributed by atoms with Gasteiger partial charge in [-0.1, -0.05) is 19.1 Å². The molecule has 2 saturated heterocycles. The van der Waals surface area contributed by atoms with Crippen molar-refractivity contribution in [3.8, 4) is 0 Å². The first kappa shape index (κ1) is 20.0. The van der Waals surface area contributed by atoms with Crippen LogP contribution in [0.15, 0.2) is 34.2 Å². The zero-order valence-electron chi connectivity index (χ0n) is 16.6. The molecule has 0 bridgehead atoms. The number of thiol groups is 2. The lowest BCUT2D eigenvalue weighted by molar-refractivity contribution is 0.203. The van der Waals surface area contributed by atoms with Gasteiger partial charge in [-0.05, 0) is 68.5 Å². The van der Waals surface area contributed by atoms with Crippen LogP contribution in [0, 0.1) is 0 Å². The van der Waals surface area contributed by atoms with Crippen molar-refractivity contribution in [2.45, 2.75) is 61.4 Å². The summed E-state index contributed by atoms with van der Waals surface area (Å²) >= 11 is 9.19. The Morgan fingerprint density at radius 1 is 1.00 bits per heavy atom. The second-order valence-electron chi connectivity index (χ2n) is 8.01. The summed E-state index contributed by atoms with van der Waals surface area (Å²) in [5.41, 5.74) is 3.86. The van der Waals surface area contributed by atoms with Crippen LogP contribution in [0.2, 0.25) is 0 Å². The molecule has 2 aliphatic heterocycles. The summed E-state index contributed by atoms with van der Waals surface area (Å²) in [4.78, 5) is 15.4. The third kappa shape index (κ3) is 4.66. The molecule has 2 fully saturated rings. The second-order valence-corrected chi connectivity index (χ2v) is 8.95. The fourth-order valence-electron chi connectivity index (χ4n) is 4.36. The van der Waals surface area contributed by atoms with Gasteiger partial charge in [0.25, 0.3) is 0 Å². The van der Waals surface area contributed by atoms with Gasteiger partial charge in [-0.15, -0.1) is 25.3 Å². The standard InChI is InChI=1S/C22H30N4S2/c1-2-17-6-5-16(13-20(17)27)15-25-11-7-18(8-12-25)19-14-21(28)24-22(23-19)26-9-3-4-10-26/h5-6,13-14,18,27H,2-4,7-12,15H2,1H3,(H,23,24,28). The number of rotatable bonds is 5. The molecular weight excluding hydrogens is 384 g/mol. The van der Waals surface area contributed by atoms with E-state index in [0.29, 0.717) is 5.92 Å². The smallest absolute Gasteiger partial charge is 0.226 e. The van der Waals surface area contributed by atoms with Gasteiger partial charge in [0, 0.05) is 30.4 Å². The van der Waals surface area contributed by atoms with Crippen LogP contribution in [-0.4, -0.2) is 41.0 Å². The van der Waals surface area contributed by atoms with E-state index in [4.69, 9.17) is 4.98 Å². The Balaban J connectivity index is 1.38.